The lowest BCUT2D eigenvalue weighted by Crippen LogP contribution is -2.57. The van der Waals surface area contributed by atoms with Crippen molar-refractivity contribution in [1.82, 2.24) is 9.80 Å². The molecule has 1 N–H and O–H groups in total. The molecule has 0 aromatic heterocycles. The average Bonchev–Trinajstić information content (AvgIpc) is 2.80. The van der Waals surface area contributed by atoms with Crippen molar-refractivity contribution >= 4 is 29.4 Å². The molecule has 3 rings (SSSR count). The zero-order chi connectivity index (χ0) is 18.4. The van der Waals surface area contributed by atoms with E-state index in [-0.39, 0.29) is 36.0 Å². The van der Waals surface area contributed by atoms with Crippen LogP contribution in [0.5, 0.6) is 0 Å². The fourth-order valence-corrected chi connectivity index (χ4v) is 4.07. The number of hydrogen-bond donors (Lipinski definition) is 1. The number of rotatable bonds is 2. The topological polar surface area (TPSA) is 77.9 Å². The van der Waals surface area contributed by atoms with Crippen molar-refractivity contribution in [2.24, 2.45) is 5.92 Å². The van der Waals surface area contributed by atoms with Crippen LogP contribution < -0.4 is 0 Å². The standard InChI is InChI=1S/C17H18ClFN2O4/c1-20-14(22)9-12(16(24)25)17(20)4-6-21(7-5-17)15(23)11-3-2-10(18)8-13(11)19/h2-3,8,12H,4-7,9H2,1H3,(H,24,25)/t12-/m0/s1. The molecule has 1 aromatic carbocycles. The third kappa shape index (κ3) is 2.86. The lowest BCUT2D eigenvalue weighted by atomic mass is 9.77. The maximum absolute atomic E-state index is 14.0. The molecule has 134 valence electrons. The van der Waals surface area contributed by atoms with Crippen LogP contribution in [0.3, 0.4) is 0 Å². The first kappa shape index (κ1) is 17.7. The van der Waals surface area contributed by atoms with Crippen LogP contribution in [0.4, 0.5) is 4.39 Å². The minimum absolute atomic E-state index is 0.0222. The van der Waals surface area contributed by atoms with Gasteiger partial charge in [0.25, 0.3) is 5.91 Å². The normalized spacial score (nSPS) is 22.5. The van der Waals surface area contributed by atoms with Gasteiger partial charge in [-0.3, -0.25) is 14.4 Å². The van der Waals surface area contributed by atoms with Crippen molar-refractivity contribution in [3.8, 4) is 0 Å². The second-order valence-corrected chi connectivity index (χ2v) is 7.00. The zero-order valence-electron chi connectivity index (χ0n) is 13.7. The molecule has 1 spiro atoms. The van der Waals surface area contributed by atoms with Gasteiger partial charge in [0.05, 0.1) is 17.0 Å². The lowest BCUT2D eigenvalue weighted by molar-refractivity contribution is -0.145. The van der Waals surface area contributed by atoms with E-state index in [1.54, 1.807) is 7.05 Å². The van der Waals surface area contributed by atoms with Crippen molar-refractivity contribution in [1.29, 1.82) is 0 Å². The maximum atomic E-state index is 14.0. The van der Waals surface area contributed by atoms with E-state index in [0.29, 0.717) is 12.8 Å². The third-order valence-corrected chi connectivity index (χ3v) is 5.68. The van der Waals surface area contributed by atoms with Crippen LogP contribution >= 0.6 is 11.6 Å². The first-order chi connectivity index (χ1) is 11.8. The van der Waals surface area contributed by atoms with Gasteiger partial charge in [-0.05, 0) is 31.0 Å². The summed E-state index contributed by atoms with van der Waals surface area (Å²) in [6.45, 7) is 0.532. The summed E-state index contributed by atoms with van der Waals surface area (Å²) in [6.07, 6.45) is 0.686. The molecule has 0 aliphatic carbocycles. The van der Waals surface area contributed by atoms with Crippen LogP contribution in [0.25, 0.3) is 0 Å². The number of carbonyl (C=O) groups excluding carboxylic acids is 2. The molecule has 2 heterocycles. The van der Waals surface area contributed by atoms with Crippen LogP contribution in [0.1, 0.15) is 29.6 Å². The molecular weight excluding hydrogens is 351 g/mol. The average molecular weight is 369 g/mol. The van der Waals surface area contributed by atoms with E-state index in [4.69, 9.17) is 11.6 Å². The number of carboxylic acids is 1. The van der Waals surface area contributed by atoms with Crippen LogP contribution in [0, 0.1) is 11.7 Å². The summed E-state index contributed by atoms with van der Waals surface area (Å²) in [5, 5.41) is 9.67. The van der Waals surface area contributed by atoms with Crippen molar-refractivity contribution in [3.05, 3.63) is 34.6 Å². The number of carbonyl (C=O) groups is 3. The molecule has 2 aliphatic rings. The van der Waals surface area contributed by atoms with E-state index < -0.39 is 29.2 Å². The third-order valence-electron chi connectivity index (χ3n) is 5.45. The Balaban J connectivity index is 1.78. The minimum atomic E-state index is -0.999. The number of aliphatic carboxylic acids is 1. The minimum Gasteiger partial charge on any atom is -0.481 e. The van der Waals surface area contributed by atoms with Crippen LogP contribution in [0.2, 0.25) is 5.02 Å². The smallest absolute Gasteiger partial charge is 0.309 e. The zero-order valence-corrected chi connectivity index (χ0v) is 14.4. The largest absolute Gasteiger partial charge is 0.481 e. The van der Waals surface area contributed by atoms with Gasteiger partial charge in [0.15, 0.2) is 0 Å². The monoisotopic (exact) mass is 368 g/mol. The van der Waals surface area contributed by atoms with Gasteiger partial charge in [-0.15, -0.1) is 0 Å². The number of carboxylic acid groups (broad SMARTS) is 1. The highest BCUT2D eigenvalue weighted by molar-refractivity contribution is 6.30. The van der Waals surface area contributed by atoms with Gasteiger partial charge in [-0.1, -0.05) is 11.6 Å². The Morgan fingerprint density at radius 2 is 1.96 bits per heavy atom. The van der Waals surface area contributed by atoms with Gasteiger partial charge >= 0.3 is 5.97 Å². The van der Waals surface area contributed by atoms with Crippen LogP contribution in [-0.2, 0) is 9.59 Å². The van der Waals surface area contributed by atoms with Crippen LogP contribution in [-0.4, -0.2) is 58.4 Å². The van der Waals surface area contributed by atoms with E-state index in [0.717, 1.165) is 6.07 Å². The molecule has 25 heavy (non-hydrogen) atoms. The molecule has 0 unspecified atom stereocenters. The van der Waals surface area contributed by atoms with Gasteiger partial charge in [0.2, 0.25) is 5.91 Å². The Morgan fingerprint density at radius 3 is 2.52 bits per heavy atom. The molecular formula is C17H18ClFN2O4. The first-order valence-corrected chi connectivity index (χ1v) is 8.38. The summed E-state index contributed by atoms with van der Waals surface area (Å²) < 4.78 is 14.0. The SMILES string of the molecule is CN1C(=O)C[C@@H](C(=O)O)C12CCN(C(=O)c1ccc(Cl)cc1F)CC2. The molecule has 0 saturated carbocycles. The Kier molecular flexibility index (Phi) is 4.45. The van der Waals surface area contributed by atoms with Gasteiger partial charge in [0.1, 0.15) is 5.82 Å². The van der Waals surface area contributed by atoms with Crippen LogP contribution in [0.15, 0.2) is 18.2 Å². The molecule has 1 atom stereocenters. The van der Waals surface area contributed by atoms with Crippen molar-refractivity contribution in [2.45, 2.75) is 24.8 Å². The first-order valence-electron chi connectivity index (χ1n) is 8.00. The van der Waals surface area contributed by atoms with E-state index in [2.05, 4.69) is 0 Å². The quantitative estimate of drug-likeness (QED) is 0.866. The Bertz CT molecular complexity index is 746. The van der Waals surface area contributed by atoms with E-state index in [1.165, 1.54) is 21.9 Å². The van der Waals surface area contributed by atoms with Crippen molar-refractivity contribution in [3.63, 3.8) is 0 Å². The van der Waals surface area contributed by atoms with Gasteiger partial charge in [-0.25, -0.2) is 4.39 Å². The molecule has 2 fully saturated rings. The fraction of sp³-hybridized carbons (Fsp3) is 0.471. The maximum Gasteiger partial charge on any atom is 0.309 e. The molecule has 2 aliphatic heterocycles. The second-order valence-electron chi connectivity index (χ2n) is 6.57. The molecule has 0 bridgehead atoms. The van der Waals surface area contributed by atoms with Gasteiger partial charge in [0, 0.05) is 31.6 Å². The summed E-state index contributed by atoms with van der Waals surface area (Å²) in [4.78, 5) is 39.1. The van der Waals surface area contributed by atoms with E-state index in [1.807, 2.05) is 0 Å². The molecule has 8 heteroatoms. The number of halogens is 2. The number of nitrogens with zero attached hydrogens (tertiary/aromatic N) is 2. The van der Waals surface area contributed by atoms with Crippen molar-refractivity contribution in [2.75, 3.05) is 20.1 Å². The summed E-state index contributed by atoms with van der Waals surface area (Å²) in [5.41, 5.74) is -0.843. The number of piperidine rings is 1. The van der Waals surface area contributed by atoms with E-state index >= 15 is 0 Å². The van der Waals surface area contributed by atoms with Gasteiger partial charge < -0.3 is 14.9 Å². The molecule has 1 aromatic rings. The lowest BCUT2D eigenvalue weighted by Gasteiger charge is -2.45. The summed E-state index contributed by atoms with van der Waals surface area (Å²) in [7, 11) is 1.61. The summed E-state index contributed by atoms with van der Waals surface area (Å²) in [5.74, 6) is -3.12. The summed E-state index contributed by atoms with van der Waals surface area (Å²) >= 11 is 5.71. The molecule has 6 nitrogen and oxygen atoms in total. The number of hydrogen-bond acceptors (Lipinski definition) is 3. The Hall–Kier alpha value is -2.15. The highest BCUT2D eigenvalue weighted by Gasteiger charge is 2.55. The highest BCUT2D eigenvalue weighted by atomic mass is 35.5. The predicted octanol–water partition coefficient (Wildman–Crippen LogP) is 2.02. The molecule has 2 saturated heterocycles. The van der Waals surface area contributed by atoms with E-state index in [9.17, 15) is 23.9 Å². The second kappa shape index (κ2) is 6.29. The predicted molar refractivity (Wildman–Crippen MR) is 87.8 cm³/mol. The highest BCUT2D eigenvalue weighted by Crippen LogP contribution is 2.43. The number of likely N-dealkylation sites (tertiary alicyclic amines) is 2. The number of amides is 2. The van der Waals surface area contributed by atoms with Gasteiger partial charge in [-0.2, -0.15) is 0 Å². The Labute approximate surface area is 149 Å². The summed E-state index contributed by atoms with van der Waals surface area (Å²) in [6, 6.07) is 3.88. The van der Waals surface area contributed by atoms with Crippen molar-refractivity contribution < 1.29 is 23.9 Å². The molecule has 0 radical (unpaired) electrons. The number of benzene rings is 1. The molecule has 2 amide bonds. The fourth-order valence-electron chi connectivity index (χ4n) is 3.91. The Morgan fingerprint density at radius 1 is 1.32 bits per heavy atom.